The van der Waals surface area contributed by atoms with E-state index in [-0.39, 0.29) is 0 Å². The zero-order chi connectivity index (χ0) is 18.9. The molecule has 2 aromatic rings. The highest BCUT2D eigenvalue weighted by atomic mass is 32.2. The first-order chi connectivity index (χ1) is 12.3. The second-order valence-electron chi connectivity index (χ2n) is 6.57. The molecule has 1 aromatic heterocycles. The number of hydrogen-bond acceptors (Lipinski definition) is 5. The molecule has 0 unspecified atom stereocenters. The maximum absolute atomic E-state index is 12.8. The van der Waals surface area contributed by atoms with E-state index in [0.29, 0.717) is 42.3 Å². The molecule has 0 bridgehead atoms. The number of nitriles is 1. The number of pyridine rings is 1. The predicted octanol–water partition coefficient (Wildman–Crippen LogP) is 2.39. The summed E-state index contributed by atoms with van der Waals surface area (Å²) in [5, 5.41) is 9.17. The number of rotatable bonds is 3. The van der Waals surface area contributed by atoms with Crippen molar-refractivity contribution in [3.05, 3.63) is 52.7 Å². The molecule has 1 aromatic carbocycles. The molecule has 26 heavy (non-hydrogen) atoms. The van der Waals surface area contributed by atoms with Crippen molar-refractivity contribution < 1.29 is 8.42 Å². The first-order valence-electron chi connectivity index (χ1n) is 8.53. The van der Waals surface area contributed by atoms with Gasteiger partial charge in [-0.25, -0.2) is 13.4 Å². The molecule has 6 nitrogen and oxygen atoms in total. The normalized spacial score (nSPS) is 15.7. The number of aromatic nitrogens is 1. The van der Waals surface area contributed by atoms with E-state index in [9.17, 15) is 13.7 Å². The van der Waals surface area contributed by atoms with Gasteiger partial charge in [0.25, 0.3) is 0 Å². The minimum absolute atomic E-state index is 0.333. The van der Waals surface area contributed by atoms with Crippen molar-refractivity contribution in [2.45, 2.75) is 25.7 Å². The lowest BCUT2D eigenvalue weighted by atomic mass is 10.1. The van der Waals surface area contributed by atoms with Crippen molar-refractivity contribution >= 4 is 15.8 Å². The van der Waals surface area contributed by atoms with E-state index in [1.165, 1.54) is 4.31 Å². The summed E-state index contributed by atoms with van der Waals surface area (Å²) in [6.07, 6.45) is 0. The Labute approximate surface area is 154 Å². The van der Waals surface area contributed by atoms with Gasteiger partial charge >= 0.3 is 0 Å². The first kappa shape index (κ1) is 18.4. The van der Waals surface area contributed by atoms with E-state index >= 15 is 0 Å². The van der Waals surface area contributed by atoms with Crippen LogP contribution in [0.15, 0.2) is 35.2 Å². The standard InChI is InChI=1S/C19H22N4O2S/c1-14-4-6-17(7-5-14)26(24,25)23-10-8-22(9-11-23)19-12-15(2)18(13-20)16(3)21-19/h4-7,12H,8-11H2,1-3H3. The third-order valence-electron chi connectivity index (χ3n) is 4.72. The molecule has 1 aliphatic rings. The Hall–Kier alpha value is -2.43. The third-order valence-corrected chi connectivity index (χ3v) is 6.63. The largest absolute Gasteiger partial charge is 0.354 e. The zero-order valence-electron chi connectivity index (χ0n) is 15.2. The van der Waals surface area contributed by atoms with Gasteiger partial charge in [0, 0.05) is 26.2 Å². The maximum Gasteiger partial charge on any atom is 0.243 e. The minimum Gasteiger partial charge on any atom is -0.354 e. The fraction of sp³-hybridized carbons (Fsp3) is 0.368. The number of sulfonamides is 1. The van der Waals surface area contributed by atoms with Gasteiger partial charge in [-0.3, -0.25) is 0 Å². The minimum atomic E-state index is -3.47. The molecule has 0 aliphatic carbocycles. The molecule has 1 aliphatic heterocycles. The molecular formula is C19H22N4O2S. The second-order valence-corrected chi connectivity index (χ2v) is 8.51. The summed E-state index contributed by atoms with van der Waals surface area (Å²) in [5.41, 5.74) is 3.24. The third kappa shape index (κ3) is 3.43. The van der Waals surface area contributed by atoms with Crippen LogP contribution in [0.25, 0.3) is 0 Å². The molecule has 1 saturated heterocycles. The lowest BCUT2D eigenvalue weighted by Crippen LogP contribution is -2.49. The fourth-order valence-electron chi connectivity index (χ4n) is 3.16. The Bertz CT molecular complexity index is 931. The van der Waals surface area contributed by atoms with Gasteiger partial charge in [0.15, 0.2) is 0 Å². The molecule has 2 heterocycles. The molecule has 1 fully saturated rings. The average molecular weight is 370 g/mol. The molecule has 0 N–H and O–H groups in total. The summed E-state index contributed by atoms with van der Waals surface area (Å²) < 4.78 is 27.1. The highest BCUT2D eigenvalue weighted by Crippen LogP contribution is 2.23. The van der Waals surface area contributed by atoms with Crippen LogP contribution in [0.2, 0.25) is 0 Å². The predicted molar refractivity (Wildman–Crippen MR) is 101 cm³/mol. The van der Waals surface area contributed by atoms with Crippen molar-refractivity contribution in [1.29, 1.82) is 5.26 Å². The lowest BCUT2D eigenvalue weighted by Gasteiger charge is -2.35. The van der Waals surface area contributed by atoms with Crippen LogP contribution in [0, 0.1) is 32.1 Å². The van der Waals surface area contributed by atoms with Gasteiger partial charge in [0.1, 0.15) is 11.9 Å². The Morgan fingerprint density at radius 2 is 1.65 bits per heavy atom. The summed E-state index contributed by atoms with van der Waals surface area (Å²) in [4.78, 5) is 6.92. The molecule has 7 heteroatoms. The van der Waals surface area contributed by atoms with E-state index in [0.717, 1.165) is 16.9 Å². The van der Waals surface area contributed by atoms with Crippen LogP contribution in [0.5, 0.6) is 0 Å². The van der Waals surface area contributed by atoms with Gasteiger partial charge in [-0.05, 0) is 44.5 Å². The molecule has 0 spiro atoms. The van der Waals surface area contributed by atoms with E-state index in [1.54, 1.807) is 12.1 Å². The van der Waals surface area contributed by atoms with Crippen LogP contribution >= 0.6 is 0 Å². The maximum atomic E-state index is 12.8. The molecule has 0 atom stereocenters. The topological polar surface area (TPSA) is 77.3 Å². The average Bonchev–Trinajstić information content (AvgIpc) is 2.62. The number of nitrogens with zero attached hydrogens (tertiary/aromatic N) is 4. The van der Waals surface area contributed by atoms with Crippen molar-refractivity contribution in [3.8, 4) is 6.07 Å². The van der Waals surface area contributed by atoms with E-state index in [2.05, 4.69) is 16.0 Å². The second kappa shape index (κ2) is 7.06. The van der Waals surface area contributed by atoms with Crippen LogP contribution in [-0.2, 0) is 10.0 Å². The monoisotopic (exact) mass is 370 g/mol. The Kier molecular flexibility index (Phi) is 4.99. The quantitative estimate of drug-likeness (QED) is 0.829. The lowest BCUT2D eigenvalue weighted by molar-refractivity contribution is 0.383. The van der Waals surface area contributed by atoms with Crippen molar-refractivity contribution in [1.82, 2.24) is 9.29 Å². The SMILES string of the molecule is Cc1ccc(S(=O)(=O)N2CCN(c3cc(C)c(C#N)c(C)n3)CC2)cc1. The first-order valence-corrected chi connectivity index (χ1v) is 9.97. The zero-order valence-corrected chi connectivity index (χ0v) is 16.0. The summed E-state index contributed by atoms with van der Waals surface area (Å²) in [6.45, 7) is 7.63. The molecule has 136 valence electrons. The van der Waals surface area contributed by atoms with Gasteiger partial charge in [-0.2, -0.15) is 9.57 Å². The van der Waals surface area contributed by atoms with Crippen LogP contribution in [-0.4, -0.2) is 43.9 Å². The highest BCUT2D eigenvalue weighted by Gasteiger charge is 2.29. The van der Waals surface area contributed by atoms with Crippen molar-refractivity contribution in [2.24, 2.45) is 0 Å². The smallest absolute Gasteiger partial charge is 0.243 e. The van der Waals surface area contributed by atoms with E-state index in [4.69, 9.17) is 0 Å². The molecule has 0 saturated carbocycles. The molecule has 0 radical (unpaired) electrons. The number of piperazine rings is 1. The number of anilines is 1. The Morgan fingerprint density at radius 3 is 2.19 bits per heavy atom. The summed E-state index contributed by atoms with van der Waals surface area (Å²) >= 11 is 0. The van der Waals surface area contributed by atoms with Crippen LogP contribution < -0.4 is 4.90 Å². The summed E-state index contributed by atoms with van der Waals surface area (Å²) in [5.74, 6) is 0.798. The Morgan fingerprint density at radius 1 is 1.04 bits per heavy atom. The Balaban J connectivity index is 1.75. The van der Waals surface area contributed by atoms with E-state index in [1.807, 2.05) is 39.0 Å². The van der Waals surface area contributed by atoms with Crippen LogP contribution in [0.1, 0.15) is 22.4 Å². The summed E-state index contributed by atoms with van der Waals surface area (Å²) in [6, 6.07) is 11.0. The fourth-order valence-corrected chi connectivity index (χ4v) is 4.58. The van der Waals surface area contributed by atoms with Gasteiger partial charge in [-0.15, -0.1) is 0 Å². The molecule has 0 amide bonds. The molecular weight excluding hydrogens is 348 g/mol. The summed E-state index contributed by atoms with van der Waals surface area (Å²) in [7, 11) is -3.47. The number of hydrogen-bond donors (Lipinski definition) is 0. The van der Waals surface area contributed by atoms with Crippen LogP contribution in [0.4, 0.5) is 5.82 Å². The van der Waals surface area contributed by atoms with Gasteiger partial charge < -0.3 is 4.90 Å². The number of benzene rings is 1. The van der Waals surface area contributed by atoms with Gasteiger partial charge in [0.05, 0.1) is 16.2 Å². The van der Waals surface area contributed by atoms with Crippen LogP contribution in [0.3, 0.4) is 0 Å². The van der Waals surface area contributed by atoms with Crippen molar-refractivity contribution in [2.75, 3.05) is 31.1 Å². The van der Waals surface area contributed by atoms with Gasteiger partial charge in [-0.1, -0.05) is 17.7 Å². The van der Waals surface area contributed by atoms with Crippen molar-refractivity contribution in [3.63, 3.8) is 0 Å². The van der Waals surface area contributed by atoms with E-state index < -0.39 is 10.0 Å². The number of aryl methyl sites for hydroxylation is 3. The highest BCUT2D eigenvalue weighted by molar-refractivity contribution is 7.89. The van der Waals surface area contributed by atoms with Gasteiger partial charge in [0.2, 0.25) is 10.0 Å². The molecule has 3 rings (SSSR count).